The maximum atomic E-state index is 14.0. The van der Waals surface area contributed by atoms with E-state index in [1.165, 1.54) is 4.90 Å². The third-order valence-electron chi connectivity index (χ3n) is 7.29. The first-order valence-corrected chi connectivity index (χ1v) is 13.1. The van der Waals surface area contributed by atoms with Crippen LogP contribution >= 0.6 is 15.9 Å². The number of carbonyl (C=O) groups excluding carboxylic acids is 3. The fourth-order valence-electron chi connectivity index (χ4n) is 5.83. The lowest BCUT2D eigenvalue weighted by molar-refractivity contribution is -0.156. The Bertz CT molecular complexity index is 759. The monoisotopic (exact) mass is 528 g/mol. The fourth-order valence-corrected chi connectivity index (χ4v) is 6.78. The summed E-state index contributed by atoms with van der Waals surface area (Å²) >= 11 is 3.64. The number of nitrogens with zero attached hydrogens (tertiary/aromatic N) is 2. The van der Waals surface area contributed by atoms with Crippen LogP contribution in [0.4, 0.5) is 0 Å². The maximum absolute atomic E-state index is 14.0. The van der Waals surface area contributed by atoms with E-state index >= 15 is 0 Å². The van der Waals surface area contributed by atoms with Gasteiger partial charge in [0.25, 0.3) is 0 Å². The molecule has 186 valence electrons. The Kier molecular flexibility index (Phi) is 8.61. The number of ether oxygens (including phenoxy) is 2. The molecule has 0 aromatic carbocycles. The summed E-state index contributed by atoms with van der Waals surface area (Å²) in [7, 11) is 0. The molecule has 0 aliphatic carbocycles. The lowest BCUT2D eigenvalue weighted by Gasteiger charge is -2.39. The van der Waals surface area contributed by atoms with Crippen LogP contribution in [0.3, 0.4) is 0 Å². The van der Waals surface area contributed by atoms with Gasteiger partial charge in [-0.05, 0) is 26.2 Å². The topological polar surface area (TPSA) is 96.4 Å². The summed E-state index contributed by atoms with van der Waals surface area (Å²) in [5, 5.41) is 10.1. The van der Waals surface area contributed by atoms with Crippen molar-refractivity contribution in [2.45, 2.75) is 81.5 Å². The quantitative estimate of drug-likeness (QED) is 0.180. The molecule has 1 N–H and O–H groups in total. The SMILES string of the molecule is C=CCN(CCCCC)C(=O)C1N([C@@H](CC)CO)C(=O)[C@@H]2[C@H](C(=O)OCC)[C@H]3OC12CC3Br. The third kappa shape index (κ3) is 4.36. The number of fused-ring (bicyclic) bond motifs is 1. The molecule has 0 saturated carbocycles. The van der Waals surface area contributed by atoms with Gasteiger partial charge in [0.15, 0.2) is 0 Å². The number of likely N-dealkylation sites (tertiary alicyclic amines) is 1. The minimum Gasteiger partial charge on any atom is -0.466 e. The highest BCUT2D eigenvalue weighted by atomic mass is 79.9. The molecule has 1 spiro atoms. The number of carbonyl (C=O) groups is 3. The van der Waals surface area contributed by atoms with Crippen LogP contribution in [0.1, 0.15) is 52.9 Å². The molecule has 3 heterocycles. The standard InChI is InChI=1S/C24H37BrN2O6/c1-5-9-10-12-26(11-6-2)22(30)20-24-13-16(25)19(33-24)17(23(31)32-8-4)18(24)21(29)27(20)15(7-3)14-28/h6,15-20,28H,2,5,7-14H2,1,3-4H3/t15-,16?,17-,18-,19-,20?,24?/m0/s1. The van der Waals surface area contributed by atoms with Gasteiger partial charge in [-0.2, -0.15) is 0 Å². The second-order valence-corrected chi connectivity index (χ2v) is 10.4. The smallest absolute Gasteiger partial charge is 0.312 e. The highest BCUT2D eigenvalue weighted by molar-refractivity contribution is 9.09. The van der Waals surface area contributed by atoms with E-state index in [0.29, 0.717) is 25.9 Å². The number of amides is 2. The number of esters is 1. The van der Waals surface area contributed by atoms with Gasteiger partial charge in [-0.15, -0.1) is 6.58 Å². The van der Waals surface area contributed by atoms with Gasteiger partial charge < -0.3 is 24.4 Å². The van der Waals surface area contributed by atoms with Crippen LogP contribution in [0.5, 0.6) is 0 Å². The number of unbranched alkanes of at least 4 members (excludes halogenated alkanes) is 2. The van der Waals surface area contributed by atoms with E-state index in [-0.39, 0.29) is 29.9 Å². The summed E-state index contributed by atoms with van der Waals surface area (Å²) < 4.78 is 11.7. The number of aliphatic hydroxyl groups excluding tert-OH is 1. The minimum absolute atomic E-state index is 0.173. The van der Waals surface area contributed by atoms with Crippen LogP contribution < -0.4 is 0 Å². The molecular weight excluding hydrogens is 492 g/mol. The van der Waals surface area contributed by atoms with E-state index < -0.39 is 41.6 Å². The maximum Gasteiger partial charge on any atom is 0.312 e. The number of rotatable bonds is 12. The van der Waals surface area contributed by atoms with Gasteiger partial charge in [0, 0.05) is 17.9 Å². The van der Waals surface area contributed by atoms with Crippen molar-refractivity contribution in [1.82, 2.24) is 9.80 Å². The van der Waals surface area contributed by atoms with Gasteiger partial charge in [-0.1, -0.05) is 48.7 Å². The Labute approximate surface area is 204 Å². The molecular formula is C24H37BrN2O6. The van der Waals surface area contributed by atoms with Gasteiger partial charge in [0.05, 0.1) is 37.2 Å². The number of alkyl halides is 1. The summed E-state index contributed by atoms with van der Waals surface area (Å²) in [5.41, 5.74) is -1.13. The van der Waals surface area contributed by atoms with Crippen molar-refractivity contribution in [2.75, 3.05) is 26.3 Å². The van der Waals surface area contributed by atoms with E-state index in [1.54, 1.807) is 17.9 Å². The molecule has 2 amide bonds. The first kappa shape index (κ1) is 26.2. The van der Waals surface area contributed by atoms with Crippen molar-refractivity contribution in [3.63, 3.8) is 0 Å². The van der Waals surface area contributed by atoms with Crippen LogP contribution in [0.2, 0.25) is 0 Å². The molecule has 0 aromatic heterocycles. The fraction of sp³-hybridized carbons (Fsp3) is 0.792. The molecule has 7 atom stereocenters. The summed E-state index contributed by atoms with van der Waals surface area (Å²) in [6.07, 6.45) is 4.94. The molecule has 3 rings (SSSR count). The van der Waals surface area contributed by atoms with E-state index in [4.69, 9.17) is 9.47 Å². The second kappa shape index (κ2) is 10.9. The van der Waals surface area contributed by atoms with Gasteiger partial charge in [-0.3, -0.25) is 14.4 Å². The van der Waals surface area contributed by atoms with E-state index in [0.717, 1.165) is 19.3 Å². The van der Waals surface area contributed by atoms with Crippen LogP contribution in [0.15, 0.2) is 12.7 Å². The summed E-state index contributed by atoms with van der Waals surface area (Å²) in [4.78, 5) is 43.9. The van der Waals surface area contributed by atoms with Crippen molar-refractivity contribution in [3.05, 3.63) is 12.7 Å². The average Bonchev–Trinajstić information content (AvgIpc) is 3.38. The highest BCUT2D eigenvalue weighted by Gasteiger charge is 2.77. The number of halogens is 1. The van der Waals surface area contributed by atoms with Gasteiger partial charge in [-0.25, -0.2) is 0 Å². The zero-order valence-electron chi connectivity index (χ0n) is 19.9. The Balaban J connectivity index is 2.05. The zero-order chi connectivity index (χ0) is 24.3. The van der Waals surface area contributed by atoms with Crippen molar-refractivity contribution in [1.29, 1.82) is 0 Å². The van der Waals surface area contributed by atoms with E-state index in [9.17, 15) is 19.5 Å². The van der Waals surface area contributed by atoms with Crippen molar-refractivity contribution in [3.8, 4) is 0 Å². The molecule has 0 aromatic rings. The number of hydrogen-bond donors (Lipinski definition) is 1. The first-order valence-electron chi connectivity index (χ1n) is 12.1. The zero-order valence-corrected chi connectivity index (χ0v) is 21.5. The van der Waals surface area contributed by atoms with Crippen molar-refractivity contribution >= 4 is 33.7 Å². The van der Waals surface area contributed by atoms with Gasteiger partial charge in [0.2, 0.25) is 11.8 Å². The van der Waals surface area contributed by atoms with Crippen LogP contribution in [0.25, 0.3) is 0 Å². The molecule has 3 unspecified atom stereocenters. The summed E-state index contributed by atoms with van der Waals surface area (Å²) in [5.74, 6) is -2.56. The van der Waals surface area contributed by atoms with Crippen LogP contribution in [0, 0.1) is 11.8 Å². The number of hydrogen-bond acceptors (Lipinski definition) is 6. The molecule has 3 aliphatic rings. The lowest BCUT2D eigenvalue weighted by atomic mass is 9.70. The average molecular weight is 529 g/mol. The van der Waals surface area contributed by atoms with Crippen molar-refractivity contribution in [2.24, 2.45) is 11.8 Å². The molecule has 3 fully saturated rings. The molecule has 0 radical (unpaired) electrons. The molecule has 3 saturated heterocycles. The van der Waals surface area contributed by atoms with Gasteiger partial charge in [0.1, 0.15) is 11.6 Å². The minimum atomic E-state index is -1.13. The Morgan fingerprint density at radius 3 is 2.70 bits per heavy atom. The van der Waals surface area contributed by atoms with Crippen LogP contribution in [-0.4, -0.2) is 87.6 Å². The lowest BCUT2D eigenvalue weighted by Crippen LogP contribution is -2.59. The molecule has 3 aliphatic heterocycles. The predicted molar refractivity (Wildman–Crippen MR) is 127 cm³/mol. The summed E-state index contributed by atoms with van der Waals surface area (Å²) in [6.45, 7) is 10.4. The molecule has 9 heteroatoms. The summed E-state index contributed by atoms with van der Waals surface area (Å²) in [6, 6.07) is -1.44. The predicted octanol–water partition coefficient (Wildman–Crippen LogP) is 2.27. The largest absolute Gasteiger partial charge is 0.466 e. The van der Waals surface area contributed by atoms with Gasteiger partial charge >= 0.3 is 5.97 Å². The third-order valence-corrected chi connectivity index (χ3v) is 8.13. The Hall–Kier alpha value is -1.45. The first-order chi connectivity index (χ1) is 15.8. The van der Waals surface area contributed by atoms with Crippen molar-refractivity contribution < 1.29 is 29.0 Å². The molecule has 33 heavy (non-hydrogen) atoms. The van der Waals surface area contributed by atoms with E-state index in [1.807, 2.05) is 6.92 Å². The highest BCUT2D eigenvalue weighted by Crippen LogP contribution is 2.60. The Morgan fingerprint density at radius 2 is 2.12 bits per heavy atom. The Morgan fingerprint density at radius 1 is 1.39 bits per heavy atom. The molecule has 8 nitrogen and oxygen atoms in total. The number of aliphatic hydroxyl groups is 1. The van der Waals surface area contributed by atoms with E-state index in [2.05, 4.69) is 29.4 Å². The normalized spacial score (nSPS) is 33.2. The molecule has 2 bridgehead atoms. The second-order valence-electron chi connectivity index (χ2n) is 9.19. The van der Waals surface area contributed by atoms with Crippen LogP contribution in [-0.2, 0) is 23.9 Å².